The molecule has 2 amide bonds. The van der Waals surface area contributed by atoms with E-state index in [0.29, 0.717) is 0 Å². The number of rotatable bonds is 4. The molecule has 0 radical (unpaired) electrons. The third kappa shape index (κ3) is 4.37. The Morgan fingerprint density at radius 2 is 2.00 bits per heavy atom. The fourth-order valence-corrected chi connectivity index (χ4v) is 1.75. The van der Waals surface area contributed by atoms with E-state index in [2.05, 4.69) is 10.1 Å². The van der Waals surface area contributed by atoms with E-state index in [4.69, 9.17) is 0 Å². The van der Waals surface area contributed by atoms with E-state index >= 15 is 0 Å². The van der Waals surface area contributed by atoms with Gasteiger partial charge in [-0.1, -0.05) is 24.3 Å². The van der Waals surface area contributed by atoms with Crippen LogP contribution in [0.4, 0.5) is 4.79 Å². The molecule has 0 fully saturated rings. The second-order valence-electron chi connectivity index (χ2n) is 4.65. The van der Waals surface area contributed by atoms with Gasteiger partial charge in [0, 0.05) is 5.56 Å². The maximum absolute atomic E-state index is 11.8. The molecule has 0 aliphatic rings. The van der Waals surface area contributed by atoms with Crippen molar-refractivity contribution in [2.24, 2.45) is 0 Å². The lowest BCUT2D eigenvalue weighted by molar-refractivity contribution is -0.908. The van der Waals surface area contributed by atoms with E-state index in [9.17, 15) is 9.59 Å². The van der Waals surface area contributed by atoms with Gasteiger partial charge in [0.1, 0.15) is 6.54 Å². The van der Waals surface area contributed by atoms with E-state index in [1.54, 1.807) is 6.92 Å². The quantitative estimate of drug-likeness (QED) is 0.822. The van der Waals surface area contributed by atoms with E-state index in [1.807, 2.05) is 38.2 Å². The van der Waals surface area contributed by atoms with E-state index in [0.717, 1.165) is 11.4 Å². The highest BCUT2D eigenvalue weighted by atomic mass is 16.5. The molecule has 0 aliphatic carbocycles. The van der Waals surface area contributed by atoms with Crippen molar-refractivity contribution in [1.29, 1.82) is 0 Å². The number of methoxy groups -OCH3 is 1. The van der Waals surface area contributed by atoms with Gasteiger partial charge in [0.05, 0.1) is 14.2 Å². The molecule has 0 saturated carbocycles. The fraction of sp³-hybridized carbons (Fsp3) is 0.429. The van der Waals surface area contributed by atoms with Crippen LogP contribution < -0.4 is 10.2 Å². The first kappa shape index (κ1) is 15.2. The zero-order chi connectivity index (χ0) is 14.4. The average Bonchev–Trinajstić information content (AvgIpc) is 2.40. The van der Waals surface area contributed by atoms with Crippen LogP contribution in [0.5, 0.6) is 0 Å². The Hall–Kier alpha value is -1.88. The molecule has 1 aromatic rings. The average molecular weight is 265 g/mol. The number of carbonyl (C=O) groups is 2. The summed E-state index contributed by atoms with van der Waals surface area (Å²) in [6.07, 6.45) is -0.722. The molecule has 0 aliphatic heterocycles. The number of quaternary nitrogens is 1. The Kier molecular flexibility index (Phi) is 5.51. The van der Waals surface area contributed by atoms with Crippen LogP contribution in [-0.4, -0.2) is 32.2 Å². The van der Waals surface area contributed by atoms with E-state index < -0.39 is 6.09 Å². The summed E-state index contributed by atoms with van der Waals surface area (Å²) >= 11 is 0. The molecular formula is C14H21N2O3+. The normalized spacial score (nSPS) is 13.5. The fourth-order valence-electron chi connectivity index (χ4n) is 1.75. The smallest absolute Gasteiger partial charge is 0.413 e. The third-order valence-corrected chi connectivity index (χ3v) is 3.27. The van der Waals surface area contributed by atoms with Crippen molar-refractivity contribution in [3.8, 4) is 0 Å². The molecule has 1 rings (SSSR count). The first-order valence-corrected chi connectivity index (χ1v) is 6.21. The molecule has 1 unspecified atom stereocenters. The topological polar surface area (TPSA) is 59.8 Å². The summed E-state index contributed by atoms with van der Waals surface area (Å²) in [6.45, 7) is 4.55. The Balaban J connectivity index is 2.62. The third-order valence-electron chi connectivity index (χ3n) is 3.27. The molecule has 0 saturated heterocycles. The number of carbonyl (C=O) groups excluding carboxylic acids is 2. The maximum atomic E-state index is 11.8. The zero-order valence-corrected chi connectivity index (χ0v) is 11.8. The highest BCUT2D eigenvalue weighted by Crippen LogP contribution is 2.04. The molecule has 2 N–H and O–H groups in total. The van der Waals surface area contributed by atoms with Crippen LogP contribution in [-0.2, 0) is 16.1 Å². The second-order valence-corrected chi connectivity index (χ2v) is 4.65. The van der Waals surface area contributed by atoms with Gasteiger partial charge in [-0.25, -0.2) is 4.79 Å². The summed E-state index contributed by atoms with van der Waals surface area (Å²) < 4.78 is 4.41. The van der Waals surface area contributed by atoms with Crippen LogP contribution in [0.1, 0.15) is 18.1 Å². The molecule has 0 bridgehead atoms. The first-order valence-electron chi connectivity index (χ1n) is 6.21. The van der Waals surface area contributed by atoms with Crippen molar-refractivity contribution >= 4 is 12.0 Å². The van der Waals surface area contributed by atoms with Crippen LogP contribution in [0.2, 0.25) is 0 Å². The summed E-state index contributed by atoms with van der Waals surface area (Å²) in [5.74, 6) is -0.335. The van der Waals surface area contributed by atoms with Crippen molar-refractivity contribution in [2.45, 2.75) is 26.4 Å². The number of benzene rings is 1. The number of imide groups is 1. The van der Waals surface area contributed by atoms with Gasteiger partial charge < -0.3 is 9.64 Å². The van der Waals surface area contributed by atoms with Gasteiger partial charge in [-0.2, -0.15) is 0 Å². The minimum Gasteiger partial charge on any atom is -0.453 e. The van der Waals surface area contributed by atoms with Crippen molar-refractivity contribution in [2.75, 3.05) is 14.2 Å². The minimum atomic E-state index is -0.722. The number of alkyl carbamates (subject to hydrolysis) is 1. The summed E-state index contributed by atoms with van der Waals surface area (Å²) in [4.78, 5) is 23.8. The van der Waals surface area contributed by atoms with E-state index in [1.165, 1.54) is 18.2 Å². The highest BCUT2D eigenvalue weighted by Gasteiger charge is 2.24. The summed E-state index contributed by atoms with van der Waals surface area (Å²) in [5, 5.41) is 2.19. The Bertz CT molecular complexity index is 460. The van der Waals surface area contributed by atoms with Gasteiger partial charge in [0.15, 0.2) is 6.04 Å². The molecule has 2 atom stereocenters. The lowest BCUT2D eigenvalue weighted by Gasteiger charge is -2.21. The number of aryl methyl sites for hydroxylation is 1. The molecule has 1 aromatic carbocycles. The lowest BCUT2D eigenvalue weighted by Crippen LogP contribution is -3.12. The zero-order valence-electron chi connectivity index (χ0n) is 11.8. The molecule has 104 valence electrons. The molecule has 5 nitrogen and oxygen atoms in total. The van der Waals surface area contributed by atoms with Crippen molar-refractivity contribution in [1.82, 2.24) is 5.32 Å². The van der Waals surface area contributed by atoms with Gasteiger partial charge in [0.25, 0.3) is 5.91 Å². The number of nitrogens with one attached hydrogen (secondary N) is 2. The van der Waals surface area contributed by atoms with Gasteiger partial charge in [-0.05, 0) is 19.4 Å². The van der Waals surface area contributed by atoms with Crippen molar-refractivity contribution in [3.05, 3.63) is 35.4 Å². The SMILES string of the molecule is COC(=O)NC(=O)[C@@H](C)[NH+](C)Cc1ccccc1C. The van der Waals surface area contributed by atoms with Crippen molar-refractivity contribution < 1.29 is 19.2 Å². The summed E-state index contributed by atoms with van der Waals surface area (Å²) in [7, 11) is 3.16. The minimum absolute atomic E-state index is 0.335. The molecule has 0 heterocycles. The van der Waals surface area contributed by atoms with Crippen LogP contribution in [0.25, 0.3) is 0 Å². The Labute approximate surface area is 113 Å². The maximum Gasteiger partial charge on any atom is 0.413 e. The number of ether oxygens (including phenoxy) is 1. The molecule has 0 spiro atoms. The summed E-state index contributed by atoms with van der Waals surface area (Å²) in [5.41, 5.74) is 2.39. The Morgan fingerprint density at radius 1 is 1.37 bits per heavy atom. The molecule has 5 heteroatoms. The number of hydrogen-bond acceptors (Lipinski definition) is 3. The largest absolute Gasteiger partial charge is 0.453 e. The first-order chi connectivity index (χ1) is 8.95. The molecule has 19 heavy (non-hydrogen) atoms. The monoisotopic (exact) mass is 265 g/mol. The van der Waals surface area contributed by atoms with Gasteiger partial charge in [0.2, 0.25) is 0 Å². The number of likely N-dealkylation sites (N-methyl/N-ethyl adjacent to an activating group) is 1. The standard InChI is InChI=1S/C14H20N2O3/c1-10-7-5-6-8-12(10)9-16(3)11(2)13(17)15-14(18)19-4/h5-8,11H,9H2,1-4H3,(H,15,17,18)/p+1/t11-/m1/s1. The van der Waals surface area contributed by atoms with Crippen LogP contribution in [0.15, 0.2) is 24.3 Å². The summed E-state index contributed by atoms with van der Waals surface area (Å²) in [6, 6.07) is 7.72. The van der Waals surface area contributed by atoms with E-state index in [-0.39, 0.29) is 11.9 Å². The lowest BCUT2D eigenvalue weighted by atomic mass is 10.1. The van der Waals surface area contributed by atoms with Crippen molar-refractivity contribution in [3.63, 3.8) is 0 Å². The van der Waals surface area contributed by atoms with Gasteiger partial charge in [-0.15, -0.1) is 0 Å². The van der Waals surface area contributed by atoms with Gasteiger partial charge >= 0.3 is 6.09 Å². The highest BCUT2D eigenvalue weighted by molar-refractivity contribution is 5.93. The van der Waals surface area contributed by atoms with Crippen LogP contribution in [0, 0.1) is 6.92 Å². The number of amides is 2. The van der Waals surface area contributed by atoms with Gasteiger partial charge in [-0.3, -0.25) is 10.1 Å². The Morgan fingerprint density at radius 3 is 2.58 bits per heavy atom. The van der Waals surface area contributed by atoms with Crippen LogP contribution >= 0.6 is 0 Å². The molecule has 0 aromatic heterocycles. The number of hydrogen-bond donors (Lipinski definition) is 2. The predicted octanol–water partition coefficient (Wildman–Crippen LogP) is 0.281. The second kappa shape index (κ2) is 6.89. The molecular weight excluding hydrogens is 244 g/mol. The predicted molar refractivity (Wildman–Crippen MR) is 71.8 cm³/mol. The van der Waals surface area contributed by atoms with Crippen LogP contribution in [0.3, 0.4) is 0 Å².